The molecule has 0 heterocycles. The number of rotatable bonds is 6. The Hall–Kier alpha value is -2.16. The molecule has 2 aromatic carbocycles. The van der Waals surface area contributed by atoms with Gasteiger partial charge in [0.25, 0.3) is 10.0 Å². The SMILES string of the molecule is CCOc1ccccc1N(NS(=O)(=O)c1c(C)cc(C)cc1C)C(N)=S. The van der Waals surface area contributed by atoms with E-state index >= 15 is 0 Å². The average Bonchev–Trinajstić information content (AvgIpc) is 2.52. The fourth-order valence-electron chi connectivity index (χ4n) is 2.89. The molecule has 0 saturated carbocycles. The fourth-order valence-corrected chi connectivity index (χ4v) is 4.58. The third-order valence-corrected chi connectivity index (χ3v) is 5.50. The van der Waals surface area contributed by atoms with Gasteiger partial charge in [0.15, 0.2) is 5.11 Å². The van der Waals surface area contributed by atoms with Crippen LogP contribution in [0.2, 0.25) is 0 Å². The van der Waals surface area contributed by atoms with Gasteiger partial charge in [-0.15, -0.1) is 4.83 Å². The molecule has 6 nitrogen and oxygen atoms in total. The average molecular weight is 394 g/mol. The summed E-state index contributed by atoms with van der Waals surface area (Å²) < 4.78 is 31.6. The molecule has 140 valence electrons. The van der Waals surface area contributed by atoms with Crippen molar-refractivity contribution in [1.82, 2.24) is 4.83 Å². The Morgan fingerprint density at radius 1 is 1.19 bits per heavy atom. The zero-order chi connectivity index (χ0) is 19.5. The number of nitrogens with one attached hydrogen (secondary N) is 1. The van der Waals surface area contributed by atoms with Crippen molar-refractivity contribution >= 4 is 33.0 Å². The largest absolute Gasteiger partial charge is 0.492 e. The van der Waals surface area contributed by atoms with Gasteiger partial charge in [-0.1, -0.05) is 29.8 Å². The van der Waals surface area contributed by atoms with Gasteiger partial charge in [0.2, 0.25) is 0 Å². The van der Waals surface area contributed by atoms with Gasteiger partial charge in [0.05, 0.1) is 11.5 Å². The molecule has 3 N–H and O–H groups in total. The minimum absolute atomic E-state index is 0.136. The molecular weight excluding hydrogens is 370 g/mol. The highest BCUT2D eigenvalue weighted by Crippen LogP contribution is 2.28. The molecule has 0 aliphatic rings. The Labute approximate surface area is 160 Å². The smallest absolute Gasteiger partial charge is 0.258 e. The fraction of sp³-hybridized carbons (Fsp3) is 0.278. The van der Waals surface area contributed by atoms with Crippen LogP contribution in [0.15, 0.2) is 41.3 Å². The van der Waals surface area contributed by atoms with E-state index in [-0.39, 0.29) is 10.0 Å². The zero-order valence-corrected chi connectivity index (χ0v) is 16.9. The number of thiocarbonyl (C=S) groups is 1. The van der Waals surface area contributed by atoms with Crippen molar-refractivity contribution in [2.24, 2.45) is 5.73 Å². The molecule has 0 aromatic heterocycles. The van der Waals surface area contributed by atoms with E-state index < -0.39 is 10.0 Å². The highest BCUT2D eigenvalue weighted by atomic mass is 32.2. The molecule has 0 spiro atoms. The number of sulfonamides is 1. The standard InChI is InChI=1S/C18H23N3O3S2/c1-5-24-16-9-7-6-8-15(16)21(18(19)25)20-26(22,23)17-13(3)10-12(2)11-14(17)4/h6-11,20H,5H2,1-4H3,(H2,19,25). The number of ether oxygens (including phenoxy) is 1. The number of para-hydroxylation sites is 2. The third-order valence-electron chi connectivity index (χ3n) is 3.71. The first-order valence-corrected chi connectivity index (χ1v) is 9.98. The molecule has 0 aliphatic heterocycles. The van der Waals surface area contributed by atoms with Crippen molar-refractivity contribution in [2.75, 3.05) is 11.6 Å². The minimum atomic E-state index is -3.91. The van der Waals surface area contributed by atoms with Crippen LogP contribution in [-0.2, 0) is 10.0 Å². The van der Waals surface area contributed by atoms with E-state index in [2.05, 4.69) is 4.83 Å². The summed E-state index contributed by atoms with van der Waals surface area (Å²) in [6, 6.07) is 10.6. The maximum atomic E-state index is 13.0. The molecule has 0 amide bonds. The first-order valence-electron chi connectivity index (χ1n) is 8.09. The van der Waals surface area contributed by atoms with Crippen LogP contribution in [0.4, 0.5) is 5.69 Å². The highest BCUT2D eigenvalue weighted by molar-refractivity contribution is 7.89. The zero-order valence-electron chi connectivity index (χ0n) is 15.2. The summed E-state index contributed by atoms with van der Waals surface area (Å²) in [6.45, 7) is 7.70. The molecule has 8 heteroatoms. The molecule has 0 aliphatic carbocycles. The summed E-state index contributed by atoms with van der Waals surface area (Å²) >= 11 is 5.07. The Morgan fingerprint density at radius 2 is 1.77 bits per heavy atom. The van der Waals surface area contributed by atoms with Crippen LogP contribution in [-0.4, -0.2) is 20.1 Å². The molecule has 0 atom stereocenters. The van der Waals surface area contributed by atoms with E-state index in [0.717, 1.165) is 10.6 Å². The van der Waals surface area contributed by atoms with Crippen molar-refractivity contribution in [2.45, 2.75) is 32.6 Å². The number of hydrogen-bond acceptors (Lipinski definition) is 4. The summed E-state index contributed by atoms with van der Waals surface area (Å²) in [5.41, 5.74) is 8.51. The Bertz CT molecular complexity index is 904. The lowest BCUT2D eigenvalue weighted by molar-refractivity contribution is 0.341. The van der Waals surface area contributed by atoms with Crippen LogP contribution in [0.1, 0.15) is 23.6 Å². The summed E-state index contributed by atoms with van der Waals surface area (Å²) in [5.74, 6) is 0.475. The van der Waals surface area contributed by atoms with E-state index in [1.165, 1.54) is 0 Å². The number of benzene rings is 2. The van der Waals surface area contributed by atoms with Crippen LogP contribution in [0.3, 0.4) is 0 Å². The van der Waals surface area contributed by atoms with Gasteiger partial charge >= 0.3 is 0 Å². The number of anilines is 1. The summed E-state index contributed by atoms with van der Waals surface area (Å²) in [7, 11) is -3.91. The highest BCUT2D eigenvalue weighted by Gasteiger charge is 2.25. The van der Waals surface area contributed by atoms with Crippen molar-refractivity contribution in [3.63, 3.8) is 0 Å². The number of nitrogens with zero attached hydrogens (tertiary/aromatic N) is 1. The molecule has 0 fully saturated rings. The minimum Gasteiger partial charge on any atom is -0.492 e. The van der Waals surface area contributed by atoms with E-state index in [1.807, 2.05) is 26.0 Å². The van der Waals surface area contributed by atoms with E-state index in [4.69, 9.17) is 22.7 Å². The molecule has 0 unspecified atom stereocenters. The lowest BCUT2D eigenvalue weighted by Gasteiger charge is -2.26. The van der Waals surface area contributed by atoms with Gasteiger partial charge in [0, 0.05) is 0 Å². The van der Waals surface area contributed by atoms with Crippen LogP contribution in [0.5, 0.6) is 5.75 Å². The lowest BCUT2D eigenvalue weighted by Crippen LogP contribution is -2.49. The van der Waals surface area contributed by atoms with Crippen LogP contribution < -0.4 is 20.3 Å². The van der Waals surface area contributed by atoms with Crippen molar-refractivity contribution in [1.29, 1.82) is 0 Å². The van der Waals surface area contributed by atoms with Crippen molar-refractivity contribution in [3.05, 3.63) is 53.1 Å². The van der Waals surface area contributed by atoms with Crippen molar-refractivity contribution < 1.29 is 13.2 Å². The van der Waals surface area contributed by atoms with Crippen LogP contribution >= 0.6 is 12.2 Å². The number of nitrogens with two attached hydrogens (primary N) is 1. The number of hydrogen-bond donors (Lipinski definition) is 2. The number of hydrazine groups is 1. The van der Waals surface area contributed by atoms with Crippen LogP contribution in [0.25, 0.3) is 0 Å². The second-order valence-corrected chi connectivity index (χ2v) is 7.91. The quantitative estimate of drug-likeness (QED) is 0.580. The van der Waals surface area contributed by atoms with Gasteiger partial charge in [-0.05, 0) is 63.2 Å². The molecular formula is C18H23N3O3S2. The van der Waals surface area contributed by atoms with E-state index in [9.17, 15) is 8.42 Å². The second-order valence-electron chi connectivity index (χ2n) is 5.90. The Balaban J connectivity index is 2.50. The first-order chi connectivity index (χ1) is 12.2. The second kappa shape index (κ2) is 8.03. The van der Waals surface area contributed by atoms with Crippen molar-refractivity contribution in [3.8, 4) is 5.75 Å². The Morgan fingerprint density at radius 3 is 2.31 bits per heavy atom. The van der Waals surface area contributed by atoms with Crippen LogP contribution in [0, 0.1) is 20.8 Å². The van der Waals surface area contributed by atoms with Gasteiger partial charge in [-0.25, -0.2) is 13.4 Å². The Kier molecular flexibility index (Phi) is 6.22. The van der Waals surface area contributed by atoms with E-state index in [1.54, 1.807) is 38.1 Å². The molecule has 2 aromatic rings. The summed E-state index contributed by atoms with van der Waals surface area (Å²) in [6.07, 6.45) is 0. The van der Waals surface area contributed by atoms with Gasteiger partial charge in [0.1, 0.15) is 11.4 Å². The normalized spacial score (nSPS) is 11.2. The monoisotopic (exact) mass is 393 g/mol. The summed E-state index contributed by atoms with van der Waals surface area (Å²) in [5, 5.41) is 1.01. The first kappa shape index (κ1) is 20.2. The molecule has 0 bridgehead atoms. The van der Waals surface area contributed by atoms with Gasteiger partial charge in [-0.2, -0.15) is 0 Å². The molecule has 26 heavy (non-hydrogen) atoms. The lowest BCUT2D eigenvalue weighted by atomic mass is 10.1. The predicted octanol–water partition coefficient (Wildman–Crippen LogP) is 2.95. The number of aryl methyl sites for hydroxylation is 3. The molecule has 0 saturated heterocycles. The van der Waals surface area contributed by atoms with E-state index in [0.29, 0.717) is 29.2 Å². The van der Waals surface area contributed by atoms with Gasteiger partial charge < -0.3 is 10.5 Å². The maximum Gasteiger partial charge on any atom is 0.258 e. The molecule has 0 radical (unpaired) electrons. The van der Waals surface area contributed by atoms with Gasteiger partial charge in [-0.3, -0.25) is 0 Å². The molecule has 2 rings (SSSR count). The predicted molar refractivity (Wildman–Crippen MR) is 108 cm³/mol. The maximum absolute atomic E-state index is 13.0. The summed E-state index contributed by atoms with van der Waals surface area (Å²) in [4.78, 5) is 2.69. The topological polar surface area (TPSA) is 84.7 Å². The third kappa shape index (κ3) is 4.32.